The molecule has 1 amide bonds. The molecule has 1 aliphatic rings. The van der Waals surface area contributed by atoms with Crippen molar-refractivity contribution in [1.82, 2.24) is 15.1 Å². The summed E-state index contributed by atoms with van der Waals surface area (Å²) in [5, 5.41) is 7.51. The molecular formula is C12H18N4O2. The zero-order valence-corrected chi connectivity index (χ0v) is 10.5. The van der Waals surface area contributed by atoms with Crippen LogP contribution in [0.2, 0.25) is 0 Å². The van der Waals surface area contributed by atoms with Crippen molar-refractivity contribution in [1.29, 1.82) is 0 Å². The summed E-state index contributed by atoms with van der Waals surface area (Å²) in [6.07, 6.45) is 2.23. The first-order chi connectivity index (χ1) is 8.70. The second-order valence-electron chi connectivity index (χ2n) is 4.32. The maximum absolute atomic E-state index is 12.2. The zero-order chi connectivity index (χ0) is 13.0. The molecule has 0 radical (unpaired) electrons. The van der Waals surface area contributed by atoms with Gasteiger partial charge >= 0.3 is 0 Å². The molecule has 1 unspecified atom stereocenters. The monoisotopic (exact) mass is 250 g/mol. The number of nitrogens with two attached hydrogens (primary N) is 1. The van der Waals surface area contributed by atoms with Crippen LogP contribution in [-0.2, 0) is 4.74 Å². The highest BCUT2D eigenvalue weighted by molar-refractivity contribution is 5.92. The third-order valence-corrected chi connectivity index (χ3v) is 3.02. The molecule has 6 nitrogen and oxygen atoms in total. The largest absolute Gasteiger partial charge is 0.382 e. The fraction of sp³-hybridized carbons (Fsp3) is 0.583. The summed E-state index contributed by atoms with van der Waals surface area (Å²) in [5.74, 6) is 0.189. The fourth-order valence-electron chi connectivity index (χ4n) is 2.01. The van der Waals surface area contributed by atoms with Crippen LogP contribution in [0.1, 0.15) is 30.3 Å². The maximum atomic E-state index is 12.2. The molecule has 2 N–H and O–H groups in total. The van der Waals surface area contributed by atoms with E-state index in [0.29, 0.717) is 24.6 Å². The van der Waals surface area contributed by atoms with E-state index in [9.17, 15) is 4.79 Å². The fourth-order valence-corrected chi connectivity index (χ4v) is 2.01. The summed E-state index contributed by atoms with van der Waals surface area (Å²) in [6, 6.07) is 3.18. The summed E-state index contributed by atoms with van der Waals surface area (Å²) < 4.78 is 5.54. The number of amides is 1. The lowest BCUT2D eigenvalue weighted by molar-refractivity contribution is 0.0534. The zero-order valence-electron chi connectivity index (χ0n) is 10.5. The standard InChI is InChI=1S/C12H18N4O2/c1-2-16(8-9-4-3-7-18-9)12(17)10-5-6-11(13)15-14-10/h5-6,9H,2-4,7-8H2,1H3,(H2,13,15). The third-order valence-electron chi connectivity index (χ3n) is 3.02. The minimum Gasteiger partial charge on any atom is -0.382 e. The highest BCUT2D eigenvalue weighted by atomic mass is 16.5. The molecule has 18 heavy (non-hydrogen) atoms. The van der Waals surface area contributed by atoms with Gasteiger partial charge in [-0.1, -0.05) is 0 Å². The molecule has 2 rings (SSSR count). The first-order valence-electron chi connectivity index (χ1n) is 6.20. The third kappa shape index (κ3) is 2.95. The van der Waals surface area contributed by atoms with E-state index in [1.165, 1.54) is 0 Å². The Morgan fingerprint density at radius 3 is 2.94 bits per heavy atom. The maximum Gasteiger partial charge on any atom is 0.274 e. The molecule has 1 aromatic heterocycles. The summed E-state index contributed by atoms with van der Waals surface area (Å²) in [6.45, 7) is 3.97. The number of aromatic nitrogens is 2. The lowest BCUT2D eigenvalue weighted by Crippen LogP contribution is -2.37. The molecule has 1 atom stereocenters. The number of rotatable bonds is 4. The van der Waals surface area contributed by atoms with Gasteiger partial charge in [-0.3, -0.25) is 4.79 Å². The summed E-state index contributed by atoms with van der Waals surface area (Å²) in [5.41, 5.74) is 5.77. The minimum atomic E-state index is -0.125. The first-order valence-corrected chi connectivity index (χ1v) is 6.20. The number of nitrogen functional groups attached to an aromatic ring is 1. The van der Waals surface area contributed by atoms with E-state index in [-0.39, 0.29) is 12.0 Å². The molecule has 1 saturated heterocycles. The summed E-state index contributed by atoms with van der Waals surface area (Å²) >= 11 is 0. The van der Waals surface area contributed by atoms with Crippen LogP contribution < -0.4 is 5.73 Å². The average Bonchev–Trinajstić information content (AvgIpc) is 2.89. The molecule has 1 aliphatic heterocycles. The Hall–Kier alpha value is -1.69. The Morgan fingerprint density at radius 1 is 1.56 bits per heavy atom. The molecule has 1 aromatic rings. The molecule has 6 heteroatoms. The Balaban J connectivity index is 2.02. The first kappa shape index (κ1) is 12.8. The van der Waals surface area contributed by atoms with Gasteiger partial charge in [-0.2, -0.15) is 0 Å². The van der Waals surface area contributed by atoms with Gasteiger partial charge in [-0.25, -0.2) is 0 Å². The van der Waals surface area contributed by atoms with Crippen LogP contribution in [0.4, 0.5) is 5.82 Å². The van der Waals surface area contributed by atoms with Crippen molar-refractivity contribution in [2.24, 2.45) is 0 Å². The van der Waals surface area contributed by atoms with Crippen LogP contribution >= 0.6 is 0 Å². The van der Waals surface area contributed by atoms with Gasteiger partial charge in [0.05, 0.1) is 6.10 Å². The number of ether oxygens (including phenoxy) is 1. The normalized spacial score (nSPS) is 18.8. The molecule has 1 fully saturated rings. The number of carbonyl (C=O) groups excluding carboxylic acids is 1. The van der Waals surface area contributed by atoms with Gasteiger partial charge in [0.2, 0.25) is 0 Å². The molecular weight excluding hydrogens is 232 g/mol. The number of hydrogen-bond acceptors (Lipinski definition) is 5. The van der Waals surface area contributed by atoms with Crippen LogP contribution in [0.25, 0.3) is 0 Å². The van der Waals surface area contributed by atoms with Gasteiger partial charge in [0.1, 0.15) is 5.82 Å². The second-order valence-corrected chi connectivity index (χ2v) is 4.32. The van der Waals surface area contributed by atoms with Crippen molar-refractivity contribution < 1.29 is 9.53 Å². The number of nitrogens with zero attached hydrogens (tertiary/aromatic N) is 3. The molecule has 98 valence electrons. The quantitative estimate of drug-likeness (QED) is 0.850. The lowest BCUT2D eigenvalue weighted by Gasteiger charge is -2.23. The van der Waals surface area contributed by atoms with E-state index >= 15 is 0 Å². The molecule has 2 heterocycles. The van der Waals surface area contributed by atoms with Crippen molar-refractivity contribution in [2.75, 3.05) is 25.4 Å². The number of anilines is 1. The Kier molecular flexibility index (Phi) is 4.09. The van der Waals surface area contributed by atoms with Gasteiger partial charge in [-0.15, -0.1) is 10.2 Å². The predicted octanol–water partition coefficient (Wildman–Crippen LogP) is 0.700. The number of hydrogen-bond donors (Lipinski definition) is 1. The van der Waals surface area contributed by atoms with Crippen molar-refractivity contribution in [3.63, 3.8) is 0 Å². The van der Waals surface area contributed by atoms with Crippen LogP contribution in [-0.4, -0.2) is 46.8 Å². The summed E-state index contributed by atoms with van der Waals surface area (Å²) in [4.78, 5) is 13.9. The van der Waals surface area contributed by atoms with Crippen molar-refractivity contribution in [2.45, 2.75) is 25.9 Å². The van der Waals surface area contributed by atoms with Crippen LogP contribution in [0.15, 0.2) is 12.1 Å². The van der Waals surface area contributed by atoms with Gasteiger partial charge in [-0.05, 0) is 31.9 Å². The van der Waals surface area contributed by atoms with Gasteiger partial charge in [0.25, 0.3) is 5.91 Å². The van der Waals surface area contributed by atoms with Crippen molar-refractivity contribution >= 4 is 11.7 Å². The van der Waals surface area contributed by atoms with Crippen LogP contribution in [0.3, 0.4) is 0 Å². The van der Waals surface area contributed by atoms with Gasteiger partial charge in [0, 0.05) is 19.7 Å². The molecule has 0 bridgehead atoms. The van der Waals surface area contributed by atoms with E-state index in [2.05, 4.69) is 10.2 Å². The van der Waals surface area contributed by atoms with E-state index in [4.69, 9.17) is 10.5 Å². The van der Waals surface area contributed by atoms with Crippen LogP contribution in [0, 0.1) is 0 Å². The molecule has 0 aliphatic carbocycles. The topological polar surface area (TPSA) is 81.3 Å². The van der Waals surface area contributed by atoms with Gasteiger partial charge in [0.15, 0.2) is 5.69 Å². The Morgan fingerprint density at radius 2 is 2.39 bits per heavy atom. The van der Waals surface area contributed by atoms with Crippen molar-refractivity contribution in [3.05, 3.63) is 17.8 Å². The van der Waals surface area contributed by atoms with Crippen molar-refractivity contribution in [3.8, 4) is 0 Å². The SMILES string of the molecule is CCN(CC1CCCO1)C(=O)c1ccc(N)nn1. The number of carbonyl (C=O) groups is 1. The highest BCUT2D eigenvalue weighted by Gasteiger charge is 2.23. The van der Waals surface area contributed by atoms with Crippen LogP contribution in [0.5, 0.6) is 0 Å². The minimum absolute atomic E-state index is 0.125. The second kappa shape index (κ2) is 5.77. The molecule has 0 spiro atoms. The van der Waals surface area contributed by atoms with E-state index < -0.39 is 0 Å². The lowest BCUT2D eigenvalue weighted by atomic mass is 10.2. The predicted molar refractivity (Wildman–Crippen MR) is 67.0 cm³/mol. The smallest absolute Gasteiger partial charge is 0.274 e. The number of likely N-dealkylation sites (N-methyl/N-ethyl adjacent to an activating group) is 1. The molecule has 0 aromatic carbocycles. The summed E-state index contributed by atoms with van der Waals surface area (Å²) in [7, 11) is 0. The Bertz CT molecular complexity index is 401. The highest BCUT2D eigenvalue weighted by Crippen LogP contribution is 2.14. The average molecular weight is 250 g/mol. The van der Waals surface area contributed by atoms with Gasteiger partial charge < -0.3 is 15.4 Å². The van der Waals surface area contributed by atoms with E-state index in [1.807, 2.05) is 6.92 Å². The Labute approximate surface area is 106 Å². The van der Waals surface area contributed by atoms with E-state index in [0.717, 1.165) is 19.4 Å². The molecule has 0 saturated carbocycles. The van der Waals surface area contributed by atoms with E-state index in [1.54, 1.807) is 17.0 Å².